The van der Waals surface area contributed by atoms with Crippen molar-refractivity contribution in [3.63, 3.8) is 0 Å². The minimum absolute atomic E-state index is 0.0964. The number of hydrogen-bond acceptors (Lipinski definition) is 3. The molecule has 1 aromatic carbocycles. The van der Waals surface area contributed by atoms with Crippen molar-refractivity contribution in [3.05, 3.63) is 52.3 Å². The molecule has 24 heavy (non-hydrogen) atoms. The summed E-state index contributed by atoms with van der Waals surface area (Å²) in [4.78, 5) is 26.6. The molecule has 0 fully saturated rings. The lowest BCUT2D eigenvalue weighted by Gasteiger charge is -2.36. The van der Waals surface area contributed by atoms with Crippen molar-refractivity contribution in [3.8, 4) is 0 Å². The zero-order valence-electron chi connectivity index (χ0n) is 14.2. The zero-order valence-corrected chi connectivity index (χ0v) is 14.2. The third kappa shape index (κ3) is 2.68. The number of H-pyrrole nitrogens is 1. The van der Waals surface area contributed by atoms with Gasteiger partial charge in [0.2, 0.25) is 11.8 Å². The van der Waals surface area contributed by atoms with E-state index < -0.39 is 11.9 Å². The van der Waals surface area contributed by atoms with Crippen LogP contribution in [-0.2, 0) is 22.6 Å². The highest BCUT2D eigenvalue weighted by atomic mass is 16.2. The lowest BCUT2D eigenvalue weighted by Crippen LogP contribution is -2.52. The molecule has 1 aromatic heterocycles. The van der Waals surface area contributed by atoms with Crippen LogP contribution in [0.4, 0.5) is 0 Å². The summed E-state index contributed by atoms with van der Waals surface area (Å²) in [6.07, 6.45) is 0.466. The normalized spacial score (nSPS) is 18.1. The van der Waals surface area contributed by atoms with E-state index >= 15 is 0 Å². The number of aromatic amines is 1. The van der Waals surface area contributed by atoms with Gasteiger partial charge in [0.25, 0.3) is 0 Å². The fraction of sp³-hybridized carbons (Fsp3) is 0.389. The van der Waals surface area contributed by atoms with Gasteiger partial charge in [0, 0.05) is 24.2 Å². The predicted molar refractivity (Wildman–Crippen MR) is 90.2 cm³/mol. The number of fused-ring (bicyclic) bond motifs is 1. The number of nitrogens with two attached hydrogens (primary N) is 1. The lowest BCUT2D eigenvalue weighted by molar-refractivity contribution is -0.141. The second kappa shape index (κ2) is 6.11. The molecule has 6 heteroatoms. The molecular formula is C18H22N4O2. The molecule has 3 rings (SSSR count). The minimum atomic E-state index is -0.609. The van der Waals surface area contributed by atoms with E-state index in [1.807, 2.05) is 45.0 Å². The quantitative estimate of drug-likeness (QED) is 0.896. The van der Waals surface area contributed by atoms with Gasteiger partial charge in [0.15, 0.2) is 0 Å². The Kier molecular flexibility index (Phi) is 4.13. The van der Waals surface area contributed by atoms with Gasteiger partial charge in [-0.25, -0.2) is 0 Å². The molecule has 2 atom stereocenters. The zero-order chi connectivity index (χ0) is 17.4. The smallest absolute Gasteiger partial charge is 0.240 e. The average Bonchev–Trinajstić information content (AvgIpc) is 2.90. The van der Waals surface area contributed by atoms with E-state index in [9.17, 15) is 9.59 Å². The first kappa shape index (κ1) is 16.2. The molecular weight excluding hydrogens is 304 g/mol. The van der Waals surface area contributed by atoms with Crippen molar-refractivity contribution in [1.29, 1.82) is 0 Å². The molecule has 0 saturated heterocycles. The minimum Gasteiger partial charge on any atom is -0.368 e. The Balaban J connectivity index is 1.94. The van der Waals surface area contributed by atoms with Crippen molar-refractivity contribution in [1.82, 2.24) is 15.1 Å². The van der Waals surface area contributed by atoms with Crippen LogP contribution in [0.3, 0.4) is 0 Å². The Morgan fingerprint density at radius 1 is 1.29 bits per heavy atom. The summed E-state index contributed by atoms with van der Waals surface area (Å²) >= 11 is 0. The second-order valence-electron chi connectivity index (χ2n) is 6.43. The number of rotatable bonds is 3. The van der Waals surface area contributed by atoms with Crippen LogP contribution in [0.2, 0.25) is 0 Å². The Hall–Kier alpha value is -2.63. The van der Waals surface area contributed by atoms with E-state index in [1.54, 1.807) is 4.90 Å². The highest BCUT2D eigenvalue weighted by Crippen LogP contribution is 2.29. The molecule has 0 radical (unpaired) electrons. The molecule has 2 aromatic rings. The molecule has 0 bridgehead atoms. The van der Waals surface area contributed by atoms with Crippen LogP contribution in [0.25, 0.3) is 0 Å². The molecule has 1 unspecified atom stereocenters. The first-order valence-electron chi connectivity index (χ1n) is 8.08. The summed E-state index contributed by atoms with van der Waals surface area (Å²) < 4.78 is 0. The molecule has 3 N–H and O–H groups in total. The molecule has 0 aliphatic carbocycles. The number of carbonyl (C=O) groups is 2. The van der Waals surface area contributed by atoms with Gasteiger partial charge in [-0.1, -0.05) is 24.3 Å². The summed E-state index contributed by atoms with van der Waals surface area (Å²) in [5.41, 5.74) is 10.3. The van der Waals surface area contributed by atoms with Crippen molar-refractivity contribution in [2.45, 2.75) is 45.7 Å². The molecule has 0 spiro atoms. The average molecular weight is 326 g/mol. The third-order valence-electron chi connectivity index (χ3n) is 4.85. The van der Waals surface area contributed by atoms with Gasteiger partial charge in [-0.2, -0.15) is 5.10 Å². The number of hydrogen-bond donors (Lipinski definition) is 2. The summed E-state index contributed by atoms with van der Waals surface area (Å²) in [5.74, 6) is -0.942. The number of benzene rings is 1. The van der Waals surface area contributed by atoms with Gasteiger partial charge in [-0.15, -0.1) is 0 Å². The van der Waals surface area contributed by atoms with Crippen LogP contribution >= 0.6 is 0 Å². The van der Waals surface area contributed by atoms with Crippen LogP contribution in [0.1, 0.15) is 40.9 Å². The highest BCUT2D eigenvalue weighted by molar-refractivity contribution is 5.90. The van der Waals surface area contributed by atoms with Crippen LogP contribution in [0.5, 0.6) is 0 Å². The molecule has 126 valence electrons. The van der Waals surface area contributed by atoms with Crippen LogP contribution in [0.15, 0.2) is 24.3 Å². The Bertz CT molecular complexity index is 777. The van der Waals surface area contributed by atoms with Crippen LogP contribution < -0.4 is 5.73 Å². The van der Waals surface area contributed by atoms with Gasteiger partial charge >= 0.3 is 0 Å². The number of carbonyl (C=O) groups excluding carboxylic acids is 2. The summed E-state index contributed by atoms with van der Waals surface area (Å²) in [6.45, 7) is 6.03. The standard InChI is InChI=1S/C18H22N4O2/c1-10(16-11(2)20-21-12(16)3)18(24)22-9-14-7-5-4-6-13(14)8-15(22)17(19)23/h4-7,10,15H,8-9H2,1-3H3,(H2,19,23)(H,20,21)/t10?,15-/m0/s1. The summed E-state index contributed by atoms with van der Waals surface area (Å²) in [5, 5.41) is 7.08. The first-order valence-corrected chi connectivity index (χ1v) is 8.08. The van der Waals surface area contributed by atoms with Crippen molar-refractivity contribution >= 4 is 11.8 Å². The maximum absolute atomic E-state index is 13.1. The number of aryl methyl sites for hydroxylation is 2. The lowest BCUT2D eigenvalue weighted by atomic mass is 9.90. The first-order chi connectivity index (χ1) is 11.4. The largest absolute Gasteiger partial charge is 0.368 e. The van der Waals surface area contributed by atoms with Gasteiger partial charge in [0.1, 0.15) is 6.04 Å². The molecule has 2 amide bonds. The molecule has 0 saturated carbocycles. The summed E-state index contributed by atoms with van der Waals surface area (Å²) in [7, 11) is 0. The van der Waals surface area contributed by atoms with Crippen LogP contribution in [-0.4, -0.2) is 33.0 Å². The van der Waals surface area contributed by atoms with Crippen molar-refractivity contribution < 1.29 is 9.59 Å². The Morgan fingerprint density at radius 2 is 1.96 bits per heavy atom. The van der Waals surface area contributed by atoms with Crippen molar-refractivity contribution in [2.75, 3.05) is 0 Å². The third-order valence-corrected chi connectivity index (χ3v) is 4.85. The maximum Gasteiger partial charge on any atom is 0.240 e. The second-order valence-corrected chi connectivity index (χ2v) is 6.43. The fourth-order valence-corrected chi connectivity index (χ4v) is 3.58. The van der Waals surface area contributed by atoms with Gasteiger partial charge in [0.05, 0.1) is 11.6 Å². The van der Waals surface area contributed by atoms with Gasteiger partial charge < -0.3 is 10.6 Å². The fourth-order valence-electron chi connectivity index (χ4n) is 3.58. The monoisotopic (exact) mass is 326 g/mol. The summed E-state index contributed by atoms with van der Waals surface area (Å²) in [6, 6.07) is 7.25. The van der Waals surface area contributed by atoms with E-state index in [-0.39, 0.29) is 11.8 Å². The topological polar surface area (TPSA) is 92.1 Å². The van der Waals surface area contributed by atoms with Crippen molar-refractivity contribution in [2.24, 2.45) is 5.73 Å². The van der Waals surface area contributed by atoms with E-state index in [1.165, 1.54) is 0 Å². The number of amides is 2. The van der Waals surface area contributed by atoms with E-state index in [2.05, 4.69) is 10.2 Å². The molecule has 1 aliphatic rings. The number of nitrogens with zero attached hydrogens (tertiary/aromatic N) is 2. The molecule has 6 nitrogen and oxygen atoms in total. The Labute approximate surface area is 141 Å². The van der Waals surface area contributed by atoms with Crippen LogP contribution in [0, 0.1) is 13.8 Å². The van der Waals surface area contributed by atoms with E-state index in [0.29, 0.717) is 13.0 Å². The number of primary amides is 1. The van der Waals surface area contributed by atoms with E-state index in [0.717, 1.165) is 28.1 Å². The molecule has 1 aliphatic heterocycles. The molecule has 2 heterocycles. The number of nitrogens with one attached hydrogen (secondary N) is 1. The predicted octanol–water partition coefficient (Wildman–Crippen LogP) is 1.57. The maximum atomic E-state index is 13.1. The van der Waals surface area contributed by atoms with Gasteiger partial charge in [-0.05, 0) is 31.9 Å². The SMILES string of the molecule is Cc1n[nH]c(C)c1C(C)C(=O)N1Cc2ccccc2C[C@H]1C(N)=O. The Morgan fingerprint density at radius 3 is 2.54 bits per heavy atom. The number of aromatic nitrogens is 2. The van der Waals surface area contributed by atoms with Gasteiger partial charge in [-0.3, -0.25) is 14.7 Å². The highest BCUT2D eigenvalue weighted by Gasteiger charge is 2.36. The van der Waals surface area contributed by atoms with E-state index in [4.69, 9.17) is 5.73 Å².